The van der Waals surface area contributed by atoms with Gasteiger partial charge in [-0.05, 0) is 33.4 Å². The van der Waals surface area contributed by atoms with E-state index in [-0.39, 0.29) is 11.9 Å². The predicted molar refractivity (Wildman–Crippen MR) is 64.3 cm³/mol. The molecular weight excluding hydrogens is 204 g/mol. The molecule has 0 aromatic carbocycles. The molecule has 94 valence electrons. The van der Waals surface area contributed by atoms with Gasteiger partial charge >= 0.3 is 5.97 Å². The van der Waals surface area contributed by atoms with E-state index in [1.165, 1.54) is 12.8 Å². The molecule has 1 N–H and O–H groups in total. The molecular formula is C12H24N2O2. The van der Waals surface area contributed by atoms with E-state index in [9.17, 15) is 4.79 Å². The smallest absolute Gasteiger partial charge is 0.309 e. The zero-order chi connectivity index (χ0) is 12.0. The fourth-order valence-corrected chi connectivity index (χ4v) is 2.31. The van der Waals surface area contributed by atoms with Crippen LogP contribution in [0.4, 0.5) is 0 Å². The standard InChI is InChI=1S/C12H24N2O2/c1-4-16-12(15)10(2)9-14-7-5-6-11(14)8-13-3/h10-11,13H,4-9H2,1-3H3. The highest BCUT2D eigenvalue weighted by Gasteiger charge is 2.27. The van der Waals surface area contributed by atoms with Crippen molar-refractivity contribution in [2.24, 2.45) is 5.92 Å². The van der Waals surface area contributed by atoms with Crippen molar-refractivity contribution < 1.29 is 9.53 Å². The number of esters is 1. The van der Waals surface area contributed by atoms with E-state index < -0.39 is 0 Å². The van der Waals surface area contributed by atoms with Crippen LogP contribution in [0.5, 0.6) is 0 Å². The number of nitrogens with one attached hydrogen (secondary N) is 1. The topological polar surface area (TPSA) is 41.6 Å². The van der Waals surface area contributed by atoms with Gasteiger partial charge in [0.2, 0.25) is 0 Å². The third-order valence-corrected chi connectivity index (χ3v) is 3.14. The number of hydrogen-bond donors (Lipinski definition) is 1. The molecule has 1 heterocycles. The Morgan fingerprint density at radius 1 is 1.62 bits per heavy atom. The average Bonchev–Trinajstić information content (AvgIpc) is 2.67. The first-order valence-corrected chi connectivity index (χ1v) is 6.24. The Labute approximate surface area is 98.3 Å². The Balaban J connectivity index is 2.37. The molecule has 0 amide bonds. The fourth-order valence-electron chi connectivity index (χ4n) is 2.31. The third-order valence-electron chi connectivity index (χ3n) is 3.14. The van der Waals surface area contributed by atoms with E-state index >= 15 is 0 Å². The summed E-state index contributed by atoms with van der Waals surface area (Å²) in [6.07, 6.45) is 2.47. The Bertz CT molecular complexity index is 221. The summed E-state index contributed by atoms with van der Waals surface area (Å²) in [4.78, 5) is 13.9. The van der Waals surface area contributed by atoms with E-state index in [1.807, 2.05) is 20.9 Å². The number of ether oxygens (including phenoxy) is 1. The number of carbonyl (C=O) groups is 1. The molecule has 0 radical (unpaired) electrons. The zero-order valence-corrected chi connectivity index (χ0v) is 10.7. The van der Waals surface area contributed by atoms with Crippen LogP contribution in [-0.2, 0) is 9.53 Å². The van der Waals surface area contributed by atoms with Crippen molar-refractivity contribution in [2.75, 3.05) is 33.3 Å². The van der Waals surface area contributed by atoms with Crippen molar-refractivity contribution in [3.63, 3.8) is 0 Å². The lowest BCUT2D eigenvalue weighted by Gasteiger charge is -2.26. The fraction of sp³-hybridized carbons (Fsp3) is 0.917. The van der Waals surface area contributed by atoms with Gasteiger partial charge in [0, 0.05) is 19.1 Å². The van der Waals surface area contributed by atoms with Crippen molar-refractivity contribution in [2.45, 2.75) is 32.7 Å². The van der Waals surface area contributed by atoms with E-state index in [0.29, 0.717) is 12.6 Å². The highest BCUT2D eigenvalue weighted by Crippen LogP contribution is 2.18. The lowest BCUT2D eigenvalue weighted by Crippen LogP contribution is -2.40. The summed E-state index contributed by atoms with van der Waals surface area (Å²) in [5.74, 6) is -0.0880. The number of likely N-dealkylation sites (tertiary alicyclic amines) is 1. The van der Waals surface area contributed by atoms with Gasteiger partial charge in [-0.2, -0.15) is 0 Å². The molecule has 1 fully saturated rings. The molecule has 0 bridgehead atoms. The second-order valence-corrected chi connectivity index (χ2v) is 4.50. The van der Waals surface area contributed by atoms with E-state index in [1.54, 1.807) is 0 Å². The van der Waals surface area contributed by atoms with Gasteiger partial charge in [-0.3, -0.25) is 9.69 Å². The van der Waals surface area contributed by atoms with Crippen LogP contribution in [0.15, 0.2) is 0 Å². The summed E-state index contributed by atoms with van der Waals surface area (Å²) < 4.78 is 5.03. The number of hydrogen-bond acceptors (Lipinski definition) is 4. The third kappa shape index (κ3) is 3.76. The minimum atomic E-state index is -0.0717. The molecule has 0 spiro atoms. The molecule has 0 saturated carbocycles. The van der Waals surface area contributed by atoms with Crippen LogP contribution in [0.2, 0.25) is 0 Å². The normalized spacial score (nSPS) is 23.3. The molecule has 2 unspecified atom stereocenters. The Kier molecular flexibility index (Phi) is 5.77. The van der Waals surface area contributed by atoms with Gasteiger partial charge < -0.3 is 10.1 Å². The number of nitrogens with zero attached hydrogens (tertiary/aromatic N) is 1. The highest BCUT2D eigenvalue weighted by molar-refractivity contribution is 5.72. The summed E-state index contributed by atoms with van der Waals surface area (Å²) in [5.41, 5.74) is 0. The number of rotatable bonds is 6. The molecule has 16 heavy (non-hydrogen) atoms. The van der Waals surface area contributed by atoms with Gasteiger partial charge in [0.25, 0.3) is 0 Å². The number of carbonyl (C=O) groups excluding carboxylic acids is 1. The van der Waals surface area contributed by atoms with Crippen molar-refractivity contribution in [1.82, 2.24) is 10.2 Å². The monoisotopic (exact) mass is 228 g/mol. The maximum Gasteiger partial charge on any atom is 0.309 e. The van der Waals surface area contributed by atoms with Gasteiger partial charge in [0.1, 0.15) is 0 Å². The van der Waals surface area contributed by atoms with Gasteiger partial charge in [0.05, 0.1) is 12.5 Å². The summed E-state index contributed by atoms with van der Waals surface area (Å²) in [7, 11) is 1.98. The second-order valence-electron chi connectivity index (χ2n) is 4.50. The van der Waals surface area contributed by atoms with Gasteiger partial charge in [-0.15, -0.1) is 0 Å². The molecule has 1 aliphatic rings. The summed E-state index contributed by atoms with van der Waals surface area (Å²) in [6, 6.07) is 0.585. The zero-order valence-electron chi connectivity index (χ0n) is 10.7. The number of likely N-dealkylation sites (N-methyl/N-ethyl adjacent to an activating group) is 1. The average molecular weight is 228 g/mol. The second kappa shape index (κ2) is 6.86. The maximum atomic E-state index is 11.5. The SMILES string of the molecule is CCOC(=O)C(C)CN1CCCC1CNC. The maximum absolute atomic E-state index is 11.5. The van der Waals surface area contributed by atoms with Gasteiger partial charge in [-0.25, -0.2) is 0 Å². The first-order chi connectivity index (χ1) is 7.69. The van der Waals surface area contributed by atoms with Crippen molar-refractivity contribution >= 4 is 5.97 Å². The Morgan fingerprint density at radius 3 is 3.00 bits per heavy atom. The van der Waals surface area contributed by atoms with Crippen molar-refractivity contribution in [3.8, 4) is 0 Å². The van der Waals surface area contributed by atoms with E-state index in [0.717, 1.165) is 19.6 Å². The lowest BCUT2D eigenvalue weighted by molar-refractivity contribution is -0.148. The molecule has 2 atom stereocenters. The summed E-state index contributed by atoms with van der Waals surface area (Å²) >= 11 is 0. The van der Waals surface area contributed by atoms with Crippen LogP contribution in [-0.4, -0.2) is 50.2 Å². The lowest BCUT2D eigenvalue weighted by atomic mass is 10.1. The molecule has 1 saturated heterocycles. The Morgan fingerprint density at radius 2 is 2.38 bits per heavy atom. The molecule has 0 aromatic rings. The van der Waals surface area contributed by atoms with Crippen LogP contribution in [0.3, 0.4) is 0 Å². The van der Waals surface area contributed by atoms with Crippen LogP contribution < -0.4 is 5.32 Å². The molecule has 4 heteroatoms. The van der Waals surface area contributed by atoms with Crippen LogP contribution in [0, 0.1) is 5.92 Å². The molecule has 1 rings (SSSR count). The van der Waals surface area contributed by atoms with Crippen molar-refractivity contribution in [1.29, 1.82) is 0 Å². The highest BCUT2D eigenvalue weighted by atomic mass is 16.5. The molecule has 0 aliphatic carbocycles. The molecule has 4 nitrogen and oxygen atoms in total. The van der Waals surface area contributed by atoms with Crippen LogP contribution in [0.1, 0.15) is 26.7 Å². The summed E-state index contributed by atoms with van der Waals surface area (Å²) in [6.45, 7) is 7.22. The van der Waals surface area contributed by atoms with Crippen LogP contribution >= 0.6 is 0 Å². The first kappa shape index (κ1) is 13.5. The summed E-state index contributed by atoms with van der Waals surface area (Å²) in [5, 5.41) is 3.21. The first-order valence-electron chi connectivity index (χ1n) is 6.24. The largest absolute Gasteiger partial charge is 0.466 e. The minimum Gasteiger partial charge on any atom is -0.466 e. The van der Waals surface area contributed by atoms with E-state index in [2.05, 4.69) is 10.2 Å². The van der Waals surface area contributed by atoms with Gasteiger partial charge in [-0.1, -0.05) is 6.92 Å². The van der Waals surface area contributed by atoms with Gasteiger partial charge in [0.15, 0.2) is 0 Å². The van der Waals surface area contributed by atoms with E-state index in [4.69, 9.17) is 4.74 Å². The predicted octanol–water partition coefficient (Wildman–Crippen LogP) is 0.869. The van der Waals surface area contributed by atoms with Crippen LogP contribution in [0.25, 0.3) is 0 Å². The molecule has 0 aromatic heterocycles. The minimum absolute atomic E-state index is 0.0163. The quantitative estimate of drug-likeness (QED) is 0.685. The van der Waals surface area contributed by atoms with Crippen molar-refractivity contribution in [3.05, 3.63) is 0 Å². The Hall–Kier alpha value is -0.610. The molecule has 1 aliphatic heterocycles.